The SMILES string of the molecule is Cc1cc(Cl)nc(N=NN)n1. The van der Waals surface area contributed by atoms with Gasteiger partial charge in [-0.1, -0.05) is 21.9 Å². The second-order valence-corrected chi connectivity index (χ2v) is 2.23. The van der Waals surface area contributed by atoms with Crippen LogP contribution in [-0.2, 0) is 0 Å². The number of halogens is 1. The maximum Gasteiger partial charge on any atom is 0.272 e. The number of hydrogen-bond acceptors (Lipinski definition) is 4. The molecule has 1 aromatic rings. The lowest BCUT2D eigenvalue weighted by molar-refractivity contribution is 0.976. The third-order valence-electron chi connectivity index (χ3n) is 0.958. The molecule has 0 amide bonds. The topological polar surface area (TPSA) is 76.5 Å². The quantitative estimate of drug-likeness (QED) is 0.300. The zero-order chi connectivity index (χ0) is 8.27. The molecule has 0 saturated heterocycles. The smallest absolute Gasteiger partial charge is 0.272 e. The van der Waals surface area contributed by atoms with Crippen molar-refractivity contribution < 1.29 is 0 Å². The molecule has 0 aliphatic rings. The molecule has 1 heterocycles. The summed E-state index contributed by atoms with van der Waals surface area (Å²) in [4.78, 5) is 7.63. The van der Waals surface area contributed by atoms with E-state index in [2.05, 4.69) is 20.3 Å². The molecule has 0 unspecified atom stereocenters. The number of aryl methyl sites for hydroxylation is 1. The van der Waals surface area contributed by atoms with Gasteiger partial charge in [0.2, 0.25) is 0 Å². The Morgan fingerprint density at radius 3 is 2.82 bits per heavy atom. The van der Waals surface area contributed by atoms with Crippen LogP contribution in [0.4, 0.5) is 5.95 Å². The number of aromatic nitrogens is 2. The molecule has 0 aliphatic carbocycles. The fourth-order valence-corrected chi connectivity index (χ4v) is 0.845. The summed E-state index contributed by atoms with van der Waals surface area (Å²) >= 11 is 5.59. The van der Waals surface area contributed by atoms with E-state index in [4.69, 9.17) is 17.4 Å². The summed E-state index contributed by atoms with van der Waals surface area (Å²) in [5.41, 5.74) is 0.729. The van der Waals surface area contributed by atoms with E-state index >= 15 is 0 Å². The van der Waals surface area contributed by atoms with Crippen LogP contribution >= 0.6 is 11.6 Å². The van der Waals surface area contributed by atoms with Crippen molar-refractivity contribution in [2.75, 3.05) is 0 Å². The van der Waals surface area contributed by atoms with Crippen LogP contribution in [0.1, 0.15) is 5.69 Å². The molecule has 0 aromatic carbocycles. The number of hydrogen-bond donors (Lipinski definition) is 1. The fourth-order valence-electron chi connectivity index (χ4n) is 0.612. The molecule has 0 aliphatic heterocycles. The summed E-state index contributed by atoms with van der Waals surface area (Å²) < 4.78 is 0. The molecule has 1 aromatic heterocycles. The molecule has 11 heavy (non-hydrogen) atoms. The molecule has 58 valence electrons. The minimum absolute atomic E-state index is 0.178. The molecule has 0 radical (unpaired) electrons. The van der Waals surface area contributed by atoms with Gasteiger partial charge in [-0.15, -0.1) is 0 Å². The van der Waals surface area contributed by atoms with Crippen LogP contribution in [0, 0.1) is 6.92 Å². The Morgan fingerprint density at radius 1 is 1.55 bits per heavy atom. The second kappa shape index (κ2) is 3.25. The van der Waals surface area contributed by atoms with Crippen LogP contribution in [0.3, 0.4) is 0 Å². The Kier molecular flexibility index (Phi) is 2.32. The van der Waals surface area contributed by atoms with Gasteiger partial charge in [0, 0.05) is 5.69 Å². The van der Waals surface area contributed by atoms with E-state index in [0.717, 1.165) is 5.69 Å². The van der Waals surface area contributed by atoms with Crippen molar-refractivity contribution in [2.24, 2.45) is 16.2 Å². The lowest BCUT2D eigenvalue weighted by Gasteiger charge is -1.93. The van der Waals surface area contributed by atoms with Crippen LogP contribution in [0.25, 0.3) is 0 Å². The maximum atomic E-state index is 5.59. The minimum atomic E-state index is 0.178. The van der Waals surface area contributed by atoms with Crippen LogP contribution in [0.5, 0.6) is 0 Å². The number of nitrogens with two attached hydrogens (primary N) is 1. The van der Waals surface area contributed by atoms with Gasteiger partial charge >= 0.3 is 0 Å². The molecule has 0 atom stereocenters. The summed E-state index contributed by atoms with van der Waals surface area (Å²) in [7, 11) is 0. The highest BCUT2D eigenvalue weighted by atomic mass is 35.5. The minimum Gasteiger partial charge on any atom is -0.304 e. The Hall–Kier alpha value is -1.23. The summed E-state index contributed by atoms with van der Waals surface area (Å²) in [5, 5.41) is 6.79. The molecule has 0 saturated carbocycles. The van der Waals surface area contributed by atoms with Crippen molar-refractivity contribution in [3.8, 4) is 0 Å². The highest BCUT2D eigenvalue weighted by molar-refractivity contribution is 6.29. The van der Waals surface area contributed by atoms with E-state index in [9.17, 15) is 0 Å². The van der Waals surface area contributed by atoms with Gasteiger partial charge < -0.3 is 5.84 Å². The molecule has 5 nitrogen and oxygen atoms in total. The lowest BCUT2D eigenvalue weighted by Crippen LogP contribution is -1.86. The zero-order valence-electron chi connectivity index (χ0n) is 5.82. The van der Waals surface area contributed by atoms with E-state index in [1.807, 2.05) is 0 Å². The van der Waals surface area contributed by atoms with Crippen molar-refractivity contribution in [1.82, 2.24) is 9.97 Å². The lowest BCUT2D eigenvalue weighted by atomic mass is 10.5. The molecular formula is C5H6ClN5. The molecule has 2 N–H and O–H groups in total. The molecule has 0 bridgehead atoms. The van der Waals surface area contributed by atoms with E-state index in [1.165, 1.54) is 0 Å². The Bertz CT molecular complexity index is 264. The molecule has 0 fully saturated rings. The molecule has 1 rings (SSSR count). The Balaban J connectivity index is 3.08. The van der Waals surface area contributed by atoms with Crippen molar-refractivity contribution >= 4 is 17.5 Å². The van der Waals surface area contributed by atoms with Gasteiger partial charge in [-0.2, -0.15) is 4.98 Å². The fraction of sp³-hybridized carbons (Fsp3) is 0.200. The van der Waals surface area contributed by atoms with Crippen LogP contribution in [0.15, 0.2) is 16.4 Å². The largest absolute Gasteiger partial charge is 0.304 e. The van der Waals surface area contributed by atoms with Gasteiger partial charge in [0.25, 0.3) is 5.95 Å². The van der Waals surface area contributed by atoms with Crippen LogP contribution < -0.4 is 5.84 Å². The van der Waals surface area contributed by atoms with Gasteiger partial charge in [0.05, 0.1) is 0 Å². The van der Waals surface area contributed by atoms with Gasteiger partial charge in [-0.05, 0) is 13.0 Å². The molecular weight excluding hydrogens is 166 g/mol. The first-order chi connectivity index (χ1) is 5.22. The maximum absolute atomic E-state index is 5.59. The molecule has 6 heteroatoms. The van der Waals surface area contributed by atoms with Crippen molar-refractivity contribution in [2.45, 2.75) is 6.92 Å². The van der Waals surface area contributed by atoms with Crippen molar-refractivity contribution in [1.29, 1.82) is 0 Å². The summed E-state index contributed by atoms with van der Waals surface area (Å²) in [6.07, 6.45) is 0. The third-order valence-corrected chi connectivity index (χ3v) is 1.15. The third kappa shape index (κ3) is 2.12. The van der Waals surface area contributed by atoms with Gasteiger partial charge in [0.1, 0.15) is 5.15 Å². The van der Waals surface area contributed by atoms with E-state index in [1.54, 1.807) is 13.0 Å². The van der Waals surface area contributed by atoms with E-state index in [-0.39, 0.29) is 5.95 Å². The van der Waals surface area contributed by atoms with Crippen molar-refractivity contribution in [3.05, 3.63) is 16.9 Å². The standard InChI is InChI=1S/C5H6ClN5/c1-3-2-4(6)9-5(8-3)10-11-7/h2H,1H3,(H2,7,8,9,10). The molecule has 0 spiro atoms. The normalized spacial score (nSPS) is 10.7. The van der Waals surface area contributed by atoms with Crippen LogP contribution in [0.2, 0.25) is 5.15 Å². The van der Waals surface area contributed by atoms with Crippen LogP contribution in [-0.4, -0.2) is 9.97 Å². The highest BCUT2D eigenvalue weighted by Crippen LogP contribution is 2.11. The Labute approximate surface area is 68.3 Å². The number of nitrogens with zero attached hydrogens (tertiary/aromatic N) is 4. The summed E-state index contributed by atoms with van der Waals surface area (Å²) in [6, 6.07) is 1.62. The second-order valence-electron chi connectivity index (χ2n) is 1.85. The summed E-state index contributed by atoms with van der Waals surface area (Å²) in [6.45, 7) is 1.78. The van der Waals surface area contributed by atoms with Gasteiger partial charge in [-0.25, -0.2) is 4.98 Å². The predicted octanol–water partition coefficient (Wildman–Crippen LogP) is 1.40. The van der Waals surface area contributed by atoms with Gasteiger partial charge in [-0.3, -0.25) is 0 Å². The average molecular weight is 172 g/mol. The first kappa shape index (κ1) is 7.87. The zero-order valence-corrected chi connectivity index (χ0v) is 6.58. The monoisotopic (exact) mass is 171 g/mol. The summed E-state index contributed by atoms with van der Waals surface area (Å²) in [5.74, 6) is 4.97. The first-order valence-electron chi connectivity index (χ1n) is 2.84. The highest BCUT2D eigenvalue weighted by Gasteiger charge is 1.97. The van der Waals surface area contributed by atoms with Gasteiger partial charge in [0.15, 0.2) is 0 Å². The first-order valence-corrected chi connectivity index (χ1v) is 3.22. The Morgan fingerprint density at radius 2 is 2.27 bits per heavy atom. The predicted molar refractivity (Wildman–Crippen MR) is 40.5 cm³/mol. The van der Waals surface area contributed by atoms with E-state index < -0.39 is 0 Å². The van der Waals surface area contributed by atoms with Crippen molar-refractivity contribution in [3.63, 3.8) is 0 Å². The van der Waals surface area contributed by atoms with E-state index in [0.29, 0.717) is 5.15 Å². The average Bonchev–Trinajstić information content (AvgIpc) is 1.85. The number of rotatable bonds is 1.